The van der Waals surface area contributed by atoms with Gasteiger partial charge in [-0.15, -0.1) is 0 Å². The number of aromatic amines is 1. The molecule has 1 aromatic heterocycles. The van der Waals surface area contributed by atoms with E-state index >= 15 is 0 Å². The van der Waals surface area contributed by atoms with Gasteiger partial charge in [-0.3, -0.25) is 9.59 Å². The van der Waals surface area contributed by atoms with Gasteiger partial charge >= 0.3 is 0 Å². The summed E-state index contributed by atoms with van der Waals surface area (Å²) in [5.74, 6) is 0.305. The Morgan fingerprint density at radius 1 is 1.12 bits per heavy atom. The number of fused-ring (bicyclic) bond motifs is 2. The fourth-order valence-electron chi connectivity index (χ4n) is 3.23. The number of methoxy groups -OCH3 is 1. The summed E-state index contributed by atoms with van der Waals surface area (Å²) in [6.45, 7) is 2.03. The number of allylic oxidation sites excluding steroid dienone is 2. The Balaban J connectivity index is 2.05. The molecule has 0 fully saturated rings. The number of carbonyl (C=O) groups excluding carboxylic acids is 1. The molecule has 1 aliphatic heterocycles. The van der Waals surface area contributed by atoms with Crippen molar-refractivity contribution in [3.8, 4) is 5.75 Å². The first kappa shape index (κ1) is 18.3. The van der Waals surface area contributed by atoms with Crippen LogP contribution in [0.4, 0.5) is 0 Å². The zero-order chi connectivity index (χ0) is 18.7. The van der Waals surface area contributed by atoms with Crippen molar-refractivity contribution in [3.63, 3.8) is 0 Å². The number of benzene rings is 1. The van der Waals surface area contributed by atoms with E-state index in [0.29, 0.717) is 28.3 Å². The predicted molar refractivity (Wildman–Crippen MR) is 102 cm³/mol. The summed E-state index contributed by atoms with van der Waals surface area (Å²) in [5, 5.41) is 3.29. The molecule has 3 rings (SSSR count). The molecule has 0 unspecified atom stereocenters. The molecule has 26 heavy (non-hydrogen) atoms. The van der Waals surface area contributed by atoms with Gasteiger partial charge in [0.05, 0.1) is 7.11 Å². The third-order valence-electron chi connectivity index (χ3n) is 4.50. The van der Waals surface area contributed by atoms with E-state index in [0.717, 1.165) is 29.7 Å². The third kappa shape index (κ3) is 3.83. The van der Waals surface area contributed by atoms with Crippen molar-refractivity contribution in [2.45, 2.75) is 32.7 Å². The molecule has 0 aliphatic carbocycles. The number of hydrogen-bond acceptors (Lipinski definition) is 3. The maximum atomic E-state index is 12.8. The Bertz CT molecular complexity index is 931. The summed E-state index contributed by atoms with van der Waals surface area (Å²) in [6, 6.07) is 5.31. The molecule has 0 radical (unpaired) electrons. The van der Waals surface area contributed by atoms with Crippen LogP contribution in [0.2, 0.25) is 5.02 Å². The molecule has 5 nitrogen and oxygen atoms in total. The van der Waals surface area contributed by atoms with Crippen molar-refractivity contribution in [2.24, 2.45) is 0 Å². The fraction of sp³-hybridized carbons (Fsp3) is 0.300. The zero-order valence-electron chi connectivity index (χ0n) is 14.8. The van der Waals surface area contributed by atoms with Gasteiger partial charge in [0.25, 0.3) is 11.5 Å². The van der Waals surface area contributed by atoms with Crippen LogP contribution in [0.1, 0.15) is 39.2 Å². The largest absolute Gasteiger partial charge is 0.496 e. The van der Waals surface area contributed by atoms with Gasteiger partial charge < -0.3 is 15.0 Å². The van der Waals surface area contributed by atoms with Crippen molar-refractivity contribution >= 4 is 17.5 Å². The molecular formula is C20H21ClN2O3. The number of pyridine rings is 1. The second kappa shape index (κ2) is 7.79. The number of rotatable bonds is 1. The molecule has 0 atom stereocenters. The third-order valence-corrected chi connectivity index (χ3v) is 4.71. The van der Waals surface area contributed by atoms with E-state index in [1.54, 1.807) is 19.2 Å². The van der Waals surface area contributed by atoms with Crippen LogP contribution in [0.25, 0.3) is 0 Å². The molecule has 136 valence electrons. The smallest absolute Gasteiger partial charge is 0.253 e. The molecule has 0 bridgehead atoms. The summed E-state index contributed by atoms with van der Waals surface area (Å²) in [6.07, 6.45) is 6.22. The SMILES string of the molecule is COc1cc(Cl)cc2c1C/C=C/CCc1cc(C)[nH]c(=O)c1CNC2=O. The number of aromatic nitrogens is 1. The number of nitrogens with one attached hydrogen (secondary N) is 2. The molecule has 0 saturated heterocycles. The van der Waals surface area contributed by atoms with Crippen LogP contribution < -0.4 is 15.6 Å². The number of halogens is 1. The van der Waals surface area contributed by atoms with Crippen LogP contribution in [0, 0.1) is 6.92 Å². The molecule has 2 aromatic rings. The molecule has 0 spiro atoms. The number of aryl methyl sites for hydroxylation is 2. The summed E-state index contributed by atoms with van der Waals surface area (Å²) in [4.78, 5) is 27.9. The highest BCUT2D eigenvalue weighted by atomic mass is 35.5. The number of hydrogen-bond donors (Lipinski definition) is 2. The lowest BCUT2D eigenvalue weighted by Gasteiger charge is -2.16. The maximum Gasteiger partial charge on any atom is 0.253 e. The van der Waals surface area contributed by atoms with Crippen LogP contribution in [-0.4, -0.2) is 18.0 Å². The molecule has 0 saturated carbocycles. The van der Waals surface area contributed by atoms with Gasteiger partial charge in [-0.1, -0.05) is 23.8 Å². The van der Waals surface area contributed by atoms with Gasteiger partial charge in [0.1, 0.15) is 5.75 Å². The first-order valence-electron chi connectivity index (χ1n) is 8.51. The summed E-state index contributed by atoms with van der Waals surface area (Å²) < 4.78 is 5.40. The highest BCUT2D eigenvalue weighted by Crippen LogP contribution is 2.28. The van der Waals surface area contributed by atoms with Crippen molar-refractivity contribution in [1.29, 1.82) is 0 Å². The highest BCUT2D eigenvalue weighted by molar-refractivity contribution is 6.31. The quantitative estimate of drug-likeness (QED) is 0.754. The maximum absolute atomic E-state index is 12.8. The molecule has 1 aliphatic rings. The fourth-order valence-corrected chi connectivity index (χ4v) is 3.44. The van der Waals surface area contributed by atoms with E-state index in [1.807, 2.05) is 19.1 Å². The normalized spacial score (nSPS) is 15.7. The van der Waals surface area contributed by atoms with Gasteiger partial charge in [0.15, 0.2) is 0 Å². The Morgan fingerprint density at radius 2 is 1.92 bits per heavy atom. The average molecular weight is 373 g/mol. The number of amides is 1. The van der Waals surface area contributed by atoms with Gasteiger partial charge in [0, 0.05) is 34.0 Å². The van der Waals surface area contributed by atoms with Crippen molar-refractivity contribution in [1.82, 2.24) is 10.3 Å². The molecule has 2 N–H and O–H groups in total. The number of H-pyrrole nitrogens is 1. The molecular weight excluding hydrogens is 352 g/mol. The molecule has 2 heterocycles. The van der Waals surface area contributed by atoms with Crippen LogP contribution in [-0.2, 0) is 19.4 Å². The van der Waals surface area contributed by atoms with Gasteiger partial charge in [-0.05, 0) is 49.9 Å². The van der Waals surface area contributed by atoms with E-state index in [9.17, 15) is 9.59 Å². The molecule has 6 heteroatoms. The van der Waals surface area contributed by atoms with Crippen molar-refractivity contribution in [2.75, 3.05) is 7.11 Å². The van der Waals surface area contributed by atoms with Crippen LogP contribution in [0.15, 0.2) is 35.1 Å². The van der Waals surface area contributed by atoms with Crippen molar-refractivity contribution in [3.05, 3.63) is 73.7 Å². The van der Waals surface area contributed by atoms with Gasteiger partial charge in [-0.25, -0.2) is 0 Å². The summed E-state index contributed by atoms with van der Waals surface area (Å²) in [5.41, 5.74) is 3.45. The standard InChI is InChI=1S/C20H21ClN2O3/c1-12-8-13-6-4-3-5-7-15-16(9-14(21)10-18(15)26-2)19(24)22-11-17(13)20(25)23-12/h3,5,8-10H,4,6-7,11H2,1-2H3,(H,22,24)(H,23,25)/b5-3+. The van der Waals surface area contributed by atoms with Crippen LogP contribution in [0.3, 0.4) is 0 Å². The first-order chi connectivity index (χ1) is 12.5. The van der Waals surface area contributed by atoms with Gasteiger partial charge in [-0.2, -0.15) is 0 Å². The Morgan fingerprint density at radius 3 is 2.69 bits per heavy atom. The minimum absolute atomic E-state index is 0.162. The van der Waals surface area contributed by atoms with E-state index in [2.05, 4.69) is 16.4 Å². The molecule has 1 amide bonds. The van der Waals surface area contributed by atoms with E-state index in [-0.39, 0.29) is 18.0 Å². The van der Waals surface area contributed by atoms with E-state index in [1.165, 1.54) is 0 Å². The second-order valence-corrected chi connectivity index (χ2v) is 6.75. The number of ether oxygens (including phenoxy) is 1. The lowest BCUT2D eigenvalue weighted by molar-refractivity contribution is 0.0949. The first-order valence-corrected chi connectivity index (χ1v) is 8.88. The Kier molecular flexibility index (Phi) is 5.47. The Labute approximate surface area is 157 Å². The van der Waals surface area contributed by atoms with E-state index in [4.69, 9.17) is 16.3 Å². The summed E-state index contributed by atoms with van der Waals surface area (Å²) in [7, 11) is 1.56. The minimum atomic E-state index is -0.277. The monoisotopic (exact) mass is 372 g/mol. The highest BCUT2D eigenvalue weighted by Gasteiger charge is 2.18. The average Bonchev–Trinajstić information content (AvgIpc) is 2.59. The second-order valence-electron chi connectivity index (χ2n) is 6.32. The summed E-state index contributed by atoms with van der Waals surface area (Å²) >= 11 is 6.14. The molecule has 1 aromatic carbocycles. The lowest BCUT2D eigenvalue weighted by atomic mass is 9.99. The number of carbonyl (C=O) groups is 1. The topological polar surface area (TPSA) is 71.2 Å². The lowest BCUT2D eigenvalue weighted by Crippen LogP contribution is -2.29. The predicted octanol–water partition coefficient (Wildman–Crippen LogP) is 3.32. The minimum Gasteiger partial charge on any atom is -0.496 e. The van der Waals surface area contributed by atoms with Crippen molar-refractivity contribution < 1.29 is 9.53 Å². The van der Waals surface area contributed by atoms with Crippen LogP contribution in [0.5, 0.6) is 5.75 Å². The Hall–Kier alpha value is -2.53. The zero-order valence-corrected chi connectivity index (χ0v) is 15.6. The van der Waals surface area contributed by atoms with Gasteiger partial charge in [0.2, 0.25) is 0 Å². The van der Waals surface area contributed by atoms with Crippen LogP contribution >= 0.6 is 11.6 Å². The van der Waals surface area contributed by atoms with E-state index < -0.39 is 0 Å².